The number of ether oxygens (including phenoxy) is 1. The Bertz CT molecular complexity index is 353. The quantitative estimate of drug-likeness (QED) is 0.637. The molecule has 0 aromatic heterocycles. The zero-order valence-corrected chi connectivity index (χ0v) is 12.6. The van der Waals surface area contributed by atoms with Crippen LogP contribution >= 0.6 is 0 Å². The van der Waals surface area contributed by atoms with Crippen LogP contribution in [0, 0.1) is 6.92 Å². The lowest BCUT2D eigenvalue weighted by atomic mass is 10.1. The van der Waals surface area contributed by atoms with Crippen molar-refractivity contribution in [1.29, 1.82) is 0 Å². The Kier molecular flexibility index (Phi) is 8.26. The van der Waals surface area contributed by atoms with Gasteiger partial charge in [0.1, 0.15) is 5.75 Å². The zero-order valence-electron chi connectivity index (χ0n) is 12.6. The molecule has 1 aromatic carbocycles. The zero-order chi connectivity index (χ0) is 13.9. The average Bonchev–Trinajstić information content (AvgIpc) is 2.41. The summed E-state index contributed by atoms with van der Waals surface area (Å²) in [5.41, 5.74) is 2.61. The second-order valence-electron chi connectivity index (χ2n) is 4.84. The molecule has 0 aliphatic heterocycles. The van der Waals surface area contributed by atoms with Crippen molar-refractivity contribution in [3.63, 3.8) is 0 Å². The third kappa shape index (κ3) is 6.60. The molecule has 0 spiro atoms. The topological polar surface area (TPSA) is 33.3 Å². The lowest BCUT2D eigenvalue weighted by Crippen LogP contribution is -2.19. The summed E-state index contributed by atoms with van der Waals surface area (Å²) in [7, 11) is 2.00. The molecular weight excluding hydrogens is 236 g/mol. The van der Waals surface area contributed by atoms with Crippen LogP contribution in [0.25, 0.3) is 0 Å². The smallest absolute Gasteiger partial charge is 0.122 e. The van der Waals surface area contributed by atoms with Gasteiger partial charge < -0.3 is 15.4 Å². The molecule has 108 valence electrons. The number of hydrogen-bond acceptors (Lipinski definition) is 3. The Balaban J connectivity index is 2.20. The summed E-state index contributed by atoms with van der Waals surface area (Å²) in [5.74, 6) is 1.01. The lowest BCUT2D eigenvalue weighted by molar-refractivity contribution is 0.338. The van der Waals surface area contributed by atoms with Crippen LogP contribution in [0.5, 0.6) is 5.75 Å². The molecule has 0 saturated heterocycles. The van der Waals surface area contributed by atoms with E-state index in [0.717, 1.165) is 38.4 Å². The molecule has 0 aliphatic carbocycles. The van der Waals surface area contributed by atoms with Gasteiger partial charge in [-0.1, -0.05) is 12.1 Å². The Labute approximate surface area is 117 Å². The monoisotopic (exact) mass is 264 g/mol. The standard InChI is InChI=1S/C16H28N2O/c1-4-19-16-8-7-15(13-14(16)2)9-12-18-11-6-5-10-17-3/h7-8,13,17-18H,4-6,9-12H2,1-3H3. The highest BCUT2D eigenvalue weighted by atomic mass is 16.5. The molecule has 0 fully saturated rings. The molecule has 0 unspecified atom stereocenters. The first kappa shape index (κ1) is 16.0. The molecule has 0 saturated carbocycles. The second kappa shape index (κ2) is 9.82. The van der Waals surface area contributed by atoms with Crippen LogP contribution in [0.2, 0.25) is 0 Å². The van der Waals surface area contributed by atoms with Crippen molar-refractivity contribution in [2.24, 2.45) is 0 Å². The Morgan fingerprint density at radius 3 is 2.58 bits per heavy atom. The molecule has 3 heteroatoms. The Morgan fingerprint density at radius 1 is 1.11 bits per heavy atom. The van der Waals surface area contributed by atoms with E-state index in [9.17, 15) is 0 Å². The van der Waals surface area contributed by atoms with Crippen molar-refractivity contribution >= 4 is 0 Å². The first-order valence-corrected chi connectivity index (χ1v) is 7.35. The van der Waals surface area contributed by atoms with Crippen LogP contribution in [-0.2, 0) is 6.42 Å². The first-order valence-electron chi connectivity index (χ1n) is 7.35. The van der Waals surface area contributed by atoms with Gasteiger partial charge in [-0.15, -0.1) is 0 Å². The third-order valence-electron chi connectivity index (χ3n) is 3.16. The summed E-state index contributed by atoms with van der Waals surface area (Å²) < 4.78 is 5.55. The van der Waals surface area contributed by atoms with E-state index < -0.39 is 0 Å². The molecule has 0 atom stereocenters. The Morgan fingerprint density at radius 2 is 1.89 bits per heavy atom. The fourth-order valence-corrected chi connectivity index (χ4v) is 2.09. The first-order chi connectivity index (χ1) is 9.27. The van der Waals surface area contributed by atoms with Crippen molar-refractivity contribution in [2.75, 3.05) is 33.3 Å². The van der Waals surface area contributed by atoms with Crippen molar-refractivity contribution < 1.29 is 4.74 Å². The number of aryl methyl sites for hydroxylation is 1. The van der Waals surface area contributed by atoms with Crippen molar-refractivity contribution in [1.82, 2.24) is 10.6 Å². The van der Waals surface area contributed by atoms with Gasteiger partial charge in [0.2, 0.25) is 0 Å². The van der Waals surface area contributed by atoms with Gasteiger partial charge in [-0.25, -0.2) is 0 Å². The summed E-state index contributed by atoms with van der Waals surface area (Å²) in [6, 6.07) is 6.48. The summed E-state index contributed by atoms with van der Waals surface area (Å²) in [5, 5.41) is 6.66. The molecule has 0 amide bonds. The predicted molar refractivity (Wildman–Crippen MR) is 82.1 cm³/mol. The van der Waals surface area contributed by atoms with E-state index in [1.807, 2.05) is 14.0 Å². The number of benzene rings is 1. The van der Waals surface area contributed by atoms with Gasteiger partial charge in [0, 0.05) is 0 Å². The van der Waals surface area contributed by atoms with Crippen LogP contribution in [0.3, 0.4) is 0 Å². The van der Waals surface area contributed by atoms with Crippen LogP contribution in [-0.4, -0.2) is 33.3 Å². The van der Waals surface area contributed by atoms with Gasteiger partial charge in [0.15, 0.2) is 0 Å². The maximum absolute atomic E-state index is 5.55. The summed E-state index contributed by atoms with van der Waals surface area (Å²) in [4.78, 5) is 0. The lowest BCUT2D eigenvalue weighted by Gasteiger charge is -2.09. The largest absolute Gasteiger partial charge is 0.494 e. The highest BCUT2D eigenvalue weighted by Crippen LogP contribution is 2.19. The average molecular weight is 264 g/mol. The minimum Gasteiger partial charge on any atom is -0.494 e. The Hall–Kier alpha value is -1.06. The minimum absolute atomic E-state index is 0.731. The van der Waals surface area contributed by atoms with Crippen LogP contribution < -0.4 is 15.4 Å². The fourth-order valence-electron chi connectivity index (χ4n) is 2.09. The highest BCUT2D eigenvalue weighted by molar-refractivity contribution is 5.36. The highest BCUT2D eigenvalue weighted by Gasteiger charge is 2.00. The molecular formula is C16H28N2O. The van der Waals surface area contributed by atoms with Gasteiger partial charge in [-0.3, -0.25) is 0 Å². The number of nitrogens with one attached hydrogen (secondary N) is 2. The van der Waals surface area contributed by atoms with Gasteiger partial charge in [-0.05, 0) is 77.0 Å². The van der Waals surface area contributed by atoms with Gasteiger partial charge in [-0.2, -0.15) is 0 Å². The van der Waals surface area contributed by atoms with Gasteiger partial charge in [0.05, 0.1) is 6.61 Å². The van der Waals surface area contributed by atoms with Crippen LogP contribution in [0.15, 0.2) is 18.2 Å². The predicted octanol–water partition coefficient (Wildman–Crippen LogP) is 2.53. The van der Waals surface area contributed by atoms with Crippen molar-refractivity contribution in [2.45, 2.75) is 33.1 Å². The van der Waals surface area contributed by atoms with Crippen molar-refractivity contribution in [3.05, 3.63) is 29.3 Å². The molecule has 3 nitrogen and oxygen atoms in total. The SMILES string of the molecule is CCOc1ccc(CCNCCCCNC)cc1C. The van der Waals surface area contributed by atoms with Crippen molar-refractivity contribution in [3.8, 4) is 5.75 Å². The van der Waals surface area contributed by atoms with Gasteiger partial charge >= 0.3 is 0 Å². The molecule has 0 aliphatic rings. The van der Waals surface area contributed by atoms with E-state index in [2.05, 4.69) is 35.8 Å². The van der Waals surface area contributed by atoms with E-state index in [1.54, 1.807) is 0 Å². The van der Waals surface area contributed by atoms with Crippen LogP contribution in [0.1, 0.15) is 30.9 Å². The van der Waals surface area contributed by atoms with E-state index in [4.69, 9.17) is 4.74 Å². The van der Waals surface area contributed by atoms with E-state index >= 15 is 0 Å². The summed E-state index contributed by atoms with van der Waals surface area (Å²) in [6.07, 6.45) is 3.56. The van der Waals surface area contributed by atoms with E-state index in [1.165, 1.54) is 24.0 Å². The molecule has 0 radical (unpaired) electrons. The second-order valence-corrected chi connectivity index (χ2v) is 4.84. The summed E-state index contributed by atoms with van der Waals surface area (Å²) in [6.45, 7) is 8.13. The molecule has 1 aromatic rings. The fraction of sp³-hybridized carbons (Fsp3) is 0.625. The molecule has 0 heterocycles. The maximum Gasteiger partial charge on any atom is 0.122 e. The molecule has 1 rings (SSSR count). The van der Waals surface area contributed by atoms with Crippen LogP contribution in [0.4, 0.5) is 0 Å². The van der Waals surface area contributed by atoms with Gasteiger partial charge in [0.25, 0.3) is 0 Å². The number of rotatable bonds is 10. The van der Waals surface area contributed by atoms with E-state index in [-0.39, 0.29) is 0 Å². The summed E-state index contributed by atoms with van der Waals surface area (Å²) >= 11 is 0. The molecule has 2 N–H and O–H groups in total. The number of unbranched alkanes of at least 4 members (excludes halogenated alkanes) is 1. The van der Waals surface area contributed by atoms with E-state index in [0.29, 0.717) is 0 Å². The minimum atomic E-state index is 0.731. The molecule has 19 heavy (non-hydrogen) atoms. The molecule has 0 bridgehead atoms. The maximum atomic E-state index is 5.55. The normalized spacial score (nSPS) is 10.7. The number of hydrogen-bond donors (Lipinski definition) is 2. The third-order valence-corrected chi connectivity index (χ3v) is 3.16.